The van der Waals surface area contributed by atoms with Crippen LogP contribution in [0.2, 0.25) is 0 Å². The third kappa shape index (κ3) is 3.02. The van der Waals surface area contributed by atoms with Crippen LogP contribution in [-0.4, -0.2) is 17.0 Å². The summed E-state index contributed by atoms with van der Waals surface area (Å²) in [7, 11) is 0. The molecule has 0 aliphatic rings. The number of hydrogen-bond donors (Lipinski definition) is 0. The van der Waals surface area contributed by atoms with Crippen LogP contribution < -0.4 is 4.74 Å². The predicted molar refractivity (Wildman–Crippen MR) is 85.3 cm³/mol. The van der Waals surface area contributed by atoms with Crippen LogP contribution in [0.1, 0.15) is 39.8 Å². The lowest BCUT2D eigenvalue weighted by Gasteiger charge is -2.10. The molecule has 0 bridgehead atoms. The van der Waals surface area contributed by atoms with E-state index in [9.17, 15) is 4.79 Å². The molecular formula is C18H23NO2. The van der Waals surface area contributed by atoms with E-state index < -0.39 is 0 Å². The maximum atomic E-state index is 12.4. The van der Waals surface area contributed by atoms with Crippen LogP contribution in [0.25, 0.3) is 0 Å². The molecule has 2 aromatic rings. The number of nitrogens with zero attached hydrogens (tertiary/aromatic N) is 1. The van der Waals surface area contributed by atoms with Gasteiger partial charge in [0.1, 0.15) is 5.75 Å². The summed E-state index contributed by atoms with van der Waals surface area (Å²) in [5.41, 5.74) is 5.16. The Labute approximate surface area is 126 Å². The van der Waals surface area contributed by atoms with Gasteiger partial charge in [-0.25, -0.2) is 0 Å². The first kappa shape index (κ1) is 15.4. The molecule has 2 rings (SSSR count). The Morgan fingerprint density at radius 2 is 1.90 bits per heavy atom. The number of ketones is 1. The van der Waals surface area contributed by atoms with Crippen LogP contribution in [0.15, 0.2) is 24.3 Å². The van der Waals surface area contributed by atoms with Gasteiger partial charge < -0.3 is 9.30 Å². The highest BCUT2D eigenvalue weighted by Crippen LogP contribution is 2.21. The van der Waals surface area contributed by atoms with E-state index in [2.05, 4.69) is 11.5 Å². The van der Waals surface area contributed by atoms with Crippen molar-refractivity contribution in [2.75, 3.05) is 6.61 Å². The van der Waals surface area contributed by atoms with Crippen LogP contribution in [-0.2, 0) is 6.54 Å². The van der Waals surface area contributed by atoms with Crippen LogP contribution in [0.5, 0.6) is 5.75 Å². The first-order chi connectivity index (χ1) is 9.95. The first-order valence-corrected chi connectivity index (χ1v) is 7.34. The molecule has 1 aromatic carbocycles. The number of Topliss-reactive ketones (excluding diaryl/α,β-unsaturated/α-hetero) is 1. The van der Waals surface area contributed by atoms with E-state index in [0.717, 1.165) is 34.8 Å². The van der Waals surface area contributed by atoms with Crippen molar-refractivity contribution in [1.29, 1.82) is 0 Å². The Balaban J connectivity index is 2.14. The molecule has 0 amide bonds. The van der Waals surface area contributed by atoms with Gasteiger partial charge in [-0.15, -0.1) is 0 Å². The topological polar surface area (TPSA) is 31.2 Å². The Morgan fingerprint density at radius 1 is 1.19 bits per heavy atom. The molecule has 3 nitrogen and oxygen atoms in total. The minimum atomic E-state index is 0.0312. The SMILES string of the molecule is CCn1c(C)cc(C(=O)COc2cccc(C)c2C)c1C. The minimum absolute atomic E-state index is 0.0312. The molecule has 0 aliphatic heterocycles. The second kappa shape index (κ2) is 6.17. The fourth-order valence-corrected chi connectivity index (χ4v) is 2.67. The maximum absolute atomic E-state index is 12.4. The van der Waals surface area contributed by atoms with Gasteiger partial charge in [0.25, 0.3) is 0 Å². The highest BCUT2D eigenvalue weighted by atomic mass is 16.5. The summed E-state index contributed by atoms with van der Waals surface area (Å²) >= 11 is 0. The molecule has 0 spiro atoms. The Morgan fingerprint density at radius 3 is 2.52 bits per heavy atom. The van der Waals surface area contributed by atoms with E-state index in [-0.39, 0.29) is 12.4 Å². The summed E-state index contributed by atoms with van der Waals surface area (Å²) in [5.74, 6) is 0.816. The Hall–Kier alpha value is -2.03. The molecule has 3 heteroatoms. The lowest BCUT2D eigenvalue weighted by Crippen LogP contribution is -2.13. The highest BCUT2D eigenvalue weighted by molar-refractivity contribution is 5.98. The molecule has 0 unspecified atom stereocenters. The molecule has 0 saturated carbocycles. The van der Waals surface area contributed by atoms with Crippen molar-refractivity contribution >= 4 is 5.78 Å². The molecule has 0 N–H and O–H groups in total. The lowest BCUT2D eigenvalue weighted by atomic mass is 10.1. The summed E-state index contributed by atoms with van der Waals surface area (Å²) in [6.45, 7) is 11.1. The fourth-order valence-electron chi connectivity index (χ4n) is 2.67. The van der Waals surface area contributed by atoms with Crippen LogP contribution in [0.4, 0.5) is 0 Å². The molecule has 1 heterocycles. The minimum Gasteiger partial charge on any atom is -0.485 e. The molecule has 0 fully saturated rings. The monoisotopic (exact) mass is 285 g/mol. The first-order valence-electron chi connectivity index (χ1n) is 7.34. The van der Waals surface area contributed by atoms with E-state index in [1.54, 1.807) is 0 Å². The normalized spacial score (nSPS) is 10.7. The van der Waals surface area contributed by atoms with Gasteiger partial charge in [-0.2, -0.15) is 0 Å². The van der Waals surface area contributed by atoms with Gasteiger partial charge in [0.2, 0.25) is 5.78 Å². The number of carbonyl (C=O) groups excluding carboxylic acids is 1. The molecule has 21 heavy (non-hydrogen) atoms. The quantitative estimate of drug-likeness (QED) is 0.777. The van der Waals surface area contributed by atoms with Crippen LogP contribution in [0, 0.1) is 27.7 Å². The zero-order valence-electron chi connectivity index (χ0n) is 13.5. The maximum Gasteiger partial charge on any atom is 0.202 e. The zero-order valence-corrected chi connectivity index (χ0v) is 13.5. The van der Waals surface area contributed by atoms with Crippen molar-refractivity contribution in [3.05, 3.63) is 52.3 Å². The number of aryl methyl sites for hydroxylation is 2. The standard InChI is InChI=1S/C18H23NO2/c1-6-19-13(3)10-16(15(19)5)17(20)11-21-18-9-7-8-12(2)14(18)4/h7-10H,6,11H2,1-5H3. The summed E-state index contributed by atoms with van der Waals surface area (Å²) < 4.78 is 7.86. The van der Waals surface area contributed by atoms with Crippen molar-refractivity contribution in [2.45, 2.75) is 41.2 Å². The van der Waals surface area contributed by atoms with Crippen molar-refractivity contribution < 1.29 is 9.53 Å². The van der Waals surface area contributed by atoms with Crippen LogP contribution in [0.3, 0.4) is 0 Å². The third-order valence-corrected chi connectivity index (χ3v) is 4.10. The van der Waals surface area contributed by atoms with Gasteiger partial charge in [-0.05, 0) is 57.9 Å². The Bertz CT molecular complexity index is 668. The molecule has 112 valence electrons. The second-order valence-corrected chi connectivity index (χ2v) is 5.44. The number of benzene rings is 1. The van der Waals surface area contributed by atoms with Gasteiger partial charge in [0, 0.05) is 23.5 Å². The second-order valence-electron chi connectivity index (χ2n) is 5.44. The predicted octanol–water partition coefficient (Wildman–Crippen LogP) is 4.00. The fraction of sp³-hybridized carbons (Fsp3) is 0.389. The smallest absolute Gasteiger partial charge is 0.202 e. The van der Waals surface area contributed by atoms with Gasteiger partial charge in [0.15, 0.2) is 6.61 Å². The average Bonchev–Trinajstić information content (AvgIpc) is 2.75. The molecule has 0 radical (unpaired) electrons. The largest absolute Gasteiger partial charge is 0.485 e. The van der Waals surface area contributed by atoms with E-state index in [4.69, 9.17) is 4.74 Å². The van der Waals surface area contributed by atoms with Crippen molar-refractivity contribution in [1.82, 2.24) is 4.57 Å². The van der Waals surface area contributed by atoms with E-state index in [1.165, 1.54) is 5.56 Å². The third-order valence-electron chi connectivity index (χ3n) is 4.10. The molecule has 0 aliphatic carbocycles. The number of rotatable bonds is 5. The summed E-state index contributed by atoms with van der Waals surface area (Å²) in [6, 6.07) is 7.85. The van der Waals surface area contributed by atoms with Gasteiger partial charge in [0.05, 0.1) is 0 Å². The van der Waals surface area contributed by atoms with Gasteiger partial charge >= 0.3 is 0 Å². The summed E-state index contributed by atoms with van der Waals surface area (Å²) in [6.07, 6.45) is 0. The summed E-state index contributed by atoms with van der Waals surface area (Å²) in [4.78, 5) is 12.4. The molecule has 1 aromatic heterocycles. The van der Waals surface area contributed by atoms with E-state index in [0.29, 0.717) is 0 Å². The Kier molecular flexibility index (Phi) is 4.51. The molecular weight excluding hydrogens is 262 g/mol. The van der Waals surface area contributed by atoms with Crippen molar-refractivity contribution in [2.24, 2.45) is 0 Å². The number of carbonyl (C=O) groups is 1. The van der Waals surface area contributed by atoms with E-state index in [1.807, 2.05) is 52.0 Å². The molecule has 0 atom stereocenters. The zero-order chi connectivity index (χ0) is 15.6. The lowest BCUT2D eigenvalue weighted by molar-refractivity contribution is 0.0920. The number of aromatic nitrogens is 1. The average molecular weight is 285 g/mol. The van der Waals surface area contributed by atoms with Gasteiger partial charge in [-0.1, -0.05) is 12.1 Å². The number of hydrogen-bond acceptors (Lipinski definition) is 2. The van der Waals surface area contributed by atoms with Crippen molar-refractivity contribution in [3.8, 4) is 5.75 Å². The van der Waals surface area contributed by atoms with E-state index >= 15 is 0 Å². The molecule has 0 saturated heterocycles. The van der Waals surface area contributed by atoms with Gasteiger partial charge in [-0.3, -0.25) is 4.79 Å². The number of ether oxygens (including phenoxy) is 1. The summed E-state index contributed by atoms with van der Waals surface area (Å²) in [5, 5.41) is 0. The highest BCUT2D eigenvalue weighted by Gasteiger charge is 2.16. The van der Waals surface area contributed by atoms with Crippen molar-refractivity contribution in [3.63, 3.8) is 0 Å². The van der Waals surface area contributed by atoms with Crippen LogP contribution >= 0.6 is 0 Å².